The van der Waals surface area contributed by atoms with Gasteiger partial charge in [0.25, 0.3) is 0 Å². The second-order valence-electron chi connectivity index (χ2n) is 4.91. The van der Waals surface area contributed by atoms with Gasteiger partial charge in [0.15, 0.2) is 0 Å². The second kappa shape index (κ2) is 5.75. The van der Waals surface area contributed by atoms with Crippen LogP contribution in [0, 0.1) is 37.9 Å². The second-order valence-corrected chi connectivity index (χ2v) is 4.91. The Morgan fingerprint density at radius 2 is 1.80 bits per heavy atom. The van der Waals surface area contributed by atoms with Crippen molar-refractivity contribution in [2.24, 2.45) is 0 Å². The van der Waals surface area contributed by atoms with E-state index in [1.165, 1.54) is 11.6 Å². The summed E-state index contributed by atoms with van der Waals surface area (Å²) in [5.41, 5.74) is 3.66. The van der Waals surface area contributed by atoms with Crippen LogP contribution in [0.15, 0.2) is 30.3 Å². The number of hydrogen-bond donors (Lipinski definition) is 0. The van der Waals surface area contributed by atoms with Crippen molar-refractivity contribution in [3.63, 3.8) is 0 Å². The Kier molecular flexibility index (Phi) is 4.05. The third kappa shape index (κ3) is 2.80. The van der Waals surface area contributed by atoms with Crippen molar-refractivity contribution in [1.82, 2.24) is 0 Å². The molecule has 0 spiro atoms. The number of halogens is 1. The molecule has 102 valence electrons. The normalized spacial score (nSPS) is 10.2. The molecule has 0 aliphatic heterocycles. The van der Waals surface area contributed by atoms with Crippen LogP contribution >= 0.6 is 0 Å². The highest BCUT2D eigenvalue weighted by atomic mass is 19.1. The topological polar surface area (TPSA) is 33.0 Å². The highest BCUT2D eigenvalue weighted by molar-refractivity contribution is 5.43. The van der Waals surface area contributed by atoms with E-state index >= 15 is 0 Å². The first kappa shape index (κ1) is 14.1. The van der Waals surface area contributed by atoms with Gasteiger partial charge in [0.2, 0.25) is 0 Å². The fourth-order valence-corrected chi connectivity index (χ4v) is 2.32. The van der Waals surface area contributed by atoms with Crippen LogP contribution in [-0.2, 0) is 6.61 Å². The summed E-state index contributed by atoms with van der Waals surface area (Å²) in [6, 6.07) is 10.7. The zero-order chi connectivity index (χ0) is 14.7. The molecule has 2 nitrogen and oxygen atoms in total. The third-order valence-corrected chi connectivity index (χ3v) is 3.18. The van der Waals surface area contributed by atoms with Gasteiger partial charge < -0.3 is 4.74 Å². The lowest BCUT2D eigenvalue weighted by molar-refractivity contribution is 0.295. The molecule has 0 amide bonds. The molecular weight excluding hydrogens is 253 g/mol. The van der Waals surface area contributed by atoms with Crippen molar-refractivity contribution in [2.45, 2.75) is 27.4 Å². The molecule has 0 unspecified atom stereocenters. The maximum absolute atomic E-state index is 13.9. The van der Waals surface area contributed by atoms with Gasteiger partial charge in [-0.05, 0) is 38.0 Å². The number of benzene rings is 2. The van der Waals surface area contributed by atoms with Gasteiger partial charge in [-0.15, -0.1) is 0 Å². The Bertz CT molecular complexity index is 663. The minimum atomic E-state index is -0.502. The Morgan fingerprint density at radius 1 is 1.15 bits per heavy atom. The average molecular weight is 269 g/mol. The summed E-state index contributed by atoms with van der Waals surface area (Å²) in [5, 5.41) is 8.82. The van der Waals surface area contributed by atoms with Crippen molar-refractivity contribution < 1.29 is 9.13 Å². The van der Waals surface area contributed by atoms with Crippen molar-refractivity contribution in [2.75, 3.05) is 0 Å². The van der Waals surface area contributed by atoms with Crippen LogP contribution < -0.4 is 4.74 Å². The lowest BCUT2D eigenvalue weighted by atomic mass is 10.1. The standard InChI is InChI=1S/C17H16FNO/c1-11-7-12(2)17(13(3)8-11)20-10-15-6-4-5-14(9-19)16(15)18/h4-8H,10H2,1-3H3. The van der Waals surface area contributed by atoms with Gasteiger partial charge in [0.05, 0.1) is 5.56 Å². The van der Waals surface area contributed by atoms with E-state index in [9.17, 15) is 4.39 Å². The average Bonchev–Trinajstić information content (AvgIpc) is 2.39. The number of hydrogen-bond acceptors (Lipinski definition) is 2. The van der Waals surface area contributed by atoms with Gasteiger partial charge in [0.1, 0.15) is 24.2 Å². The highest BCUT2D eigenvalue weighted by Crippen LogP contribution is 2.26. The number of ether oxygens (including phenoxy) is 1. The first-order chi connectivity index (χ1) is 9.52. The Labute approximate surface area is 118 Å². The largest absolute Gasteiger partial charge is 0.488 e. The maximum Gasteiger partial charge on any atom is 0.147 e. The molecule has 3 heteroatoms. The number of rotatable bonds is 3. The van der Waals surface area contributed by atoms with Crippen LogP contribution in [0.3, 0.4) is 0 Å². The summed E-state index contributed by atoms with van der Waals surface area (Å²) in [6.45, 7) is 6.08. The SMILES string of the molecule is Cc1cc(C)c(OCc2cccc(C#N)c2F)c(C)c1. The molecule has 0 heterocycles. The molecule has 20 heavy (non-hydrogen) atoms. The molecule has 0 aliphatic carbocycles. The zero-order valence-electron chi connectivity index (χ0n) is 11.8. The number of nitriles is 1. The maximum atomic E-state index is 13.9. The summed E-state index contributed by atoms with van der Waals surface area (Å²) in [4.78, 5) is 0. The van der Waals surface area contributed by atoms with Gasteiger partial charge in [-0.2, -0.15) is 5.26 Å². The predicted octanol–water partition coefficient (Wildman–Crippen LogP) is 4.20. The van der Waals surface area contributed by atoms with Crippen LogP contribution in [0.5, 0.6) is 5.75 Å². The molecule has 0 fully saturated rings. The molecule has 0 aliphatic rings. The Morgan fingerprint density at radius 3 is 2.40 bits per heavy atom. The quantitative estimate of drug-likeness (QED) is 0.836. The molecule has 2 aromatic rings. The third-order valence-electron chi connectivity index (χ3n) is 3.18. The summed E-state index contributed by atoms with van der Waals surface area (Å²) in [6.07, 6.45) is 0. The van der Waals surface area contributed by atoms with Gasteiger partial charge >= 0.3 is 0 Å². The van der Waals surface area contributed by atoms with E-state index in [1.807, 2.05) is 39.0 Å². The lowest BCUT2D eigenvalue weighted by Gasteiger charge is -2.13. The molecule has 0 atom stereocenters. The molecule has 0 saturated heterocycles. The Hall–Kier alpha value is -2.34. The molecule has 2 aromatic carbocycles. The number of nitrogens with zero attached hydrogens (tertiary/aromatic N) is 1. The smallest absolute Gasteiger partial charge is 0.147 e. The molecule has 2 rings (SSSR count). The van der Waals surface area contributed by atoms with E-state index in [0.717, 1.165) is 16.9 Å². The summed E-state index contributed by atoms with van der Waals surface area (Å²) < 4.78 is 19.7. The van der Waals surface area contributed by atoms with Crippen LogP contribution in [0.25, 0.3) is 0 Å². The molecular formula is C17H16FNO. The first-order valence-corrected chi connectivity index (χ1v) is 6.41. The molecule has 0 bridgehead atoms. The fraction of sp³-hybridized carbons (Fsp3) is 0.235. The summed E-state index contributed by atoms with van der Waals surface area (Å²) >= 11 is 0. The predicted molar refractivity (Wildman–Crippen MR) is 76.1 cm³/mol. The monoisotopic (exact) mass is 269 g/mol. The van der Waals surface area contributed by atoms with Crippen molar-refractivity contribution in [1.29, 1.82) is 5.26 Å². The minimum Gasteiger partial charge on any atom is -0.488 e. The van der Waals surface area contributed by atoms with Gasteiger partial charge in [-0.25, -0.2) is 4.39 Å². The first-order valence-electron chi connectivity index (χ1n) is 6.41. The van der Waals surface area contributed by atoms with E-state index in [4.69, 9.17) is 10.00 Å². The highest BCUT2D eigenvalue weighted by Gasteiger charge is 2.10. The zero-order valence-corrected chi connectivity index (χ0v) is 11.8. The van der Waals surface area contributed by atoms with Crippen molar-refractivity contribution in [3.05, 3.63) is 64.0 Å². The Balaban J connectivity index is 2.24. The van der Waals surface area contributed by atoms with Crippen LogP contribution in [0.4, 0.5) is 4.39 Å². The lowest BCUT2D eigenvalue weighted by Crippen LogP contribution is -2.02. The van der Waals surface area contributed by atoms with Gasteiger partial charge in [0, 0.05) is 5.56 Å². The molecule has 0 radical (unpaired) electrons. The van der Waals surface area contributed by atoms with Crippen LogP contribution in [0.1, 0.15) is 27.8 Å². The molecule has 0 saturated carbocycles. The van der Waals surface area contributed by atoms with E-state index in [0.29, 0.717) is 5.56 Å². The van der Waals surface area contributed by atoms with Crippen molar-refractivity contribution in [3.8, 4) is 11.8 Å². The van der Waals surface area contributed by atoms with E-state index in [2.05, 4.69) is 0 Å². The summed E-state index contributed by atoms with van der Waals surface area (Å²) in [7, 11) is 0. The summed E-state index contributed by atoms with van der Waals surface area (Å²) in [5.74, 6) is 0.273. The molecule has 0 N–H and O–H groups in total. The fourth-order valence-electron chi connectivity index (χ4n) is 2.32. The minimum absolute atomic E-state index is 0.0449. The van der Waals surface area contributed by atoms with Crippen LogP contribution in [-0.4, -0.2) is 0 Å². The van der Waals surface area contributed by atoms with Crippen molar-refractivity contribution >= 4 is 0 Å². The van der Waals surface area contributed by atoms with Gasteiger partial charge in [-0.3, -0.25) is 0 Å². The van der Waals surface area contributed by atoms with Gasteiger partial charge in [-0.1, -0.05) is 29.8 Å². The van der Waals surface area contributed by atoms with E-state index in [-0.39, 0.29) is 12.2 Å². The number of aryl methyl sites for hydroxylation is 3. The molecule has 0 aromatic heterocycles. The van der Waals surface area contributed by atoms with E-state index < -0.39 is 5.82 Å². The van der Waals surface area contributed by atoms with E-state index in [1.54, 1.807) is 12.1 Å². The van der Waals surface area contributed by atoms with Crippen LogP contribution in [0.2, 0.25) is 0 Å².